The highest BCUT2D eigenvalue weighted by Gasteiger charge is 2.10. The van der Waals surface area contributed by atoms with Crippen molar-refractivity contribution < 1.29 is 4.52 Å². The lowest BCUT2D eigenvalue weighted by Crippen LogP contribution is -2.36. The third-order valence-electron chi connectivity index (χ3n) is 5.04. The zero-order valence-corrected chi connectivity index (χ0v) is 21.4. The van der Waals surface area contributed by atoms with Crippen molar-refractivity contribution in [1.29, 1.82) is 0 Å². The quantitative estimate of drug-likeness (QED) is 0.190. The molecule has 0 bridgehead atoms. The van der Waals surface area contributed by atoms with E-state index in [1.165, 1.54) is 0 Å². The zero-order valence-electron chi connectivity index (χ0n) is 19.1. The van der Waals surface area contributed by atoms with Crippen LogP contribution in [0, 0.1) is 13.8 Å². The third kappa shape index (κ3) is 6.22. The molecule has 0 fully saturated rings. The molecule has 4 rings (SSSR count). The SMILES string of the molecule is CCNC(=NCc1ccccc1-n1nc(C)cc1C)NCc1cc(-c2ccccc2)on1.I. The molecule has 0 radical (unpaired) electrons. The number of rotatable bonds is 7. The van der Waals surface area contributed by atoms with E-state index in [-0.39, 0.29) is 24.0 Å². The zero-order chi connectivity index (χ0) is 22.3. The van der Waals surface area contributed by atoms with E-state index in [0.717, 1.165) is 52.2 Å². The van der Waals surface area contributed by atoms with Crippen LogP contribution in [0.1, 0.15) is 29.6 Å². The van der Waals surface area contributed by atoms with Gasteiger partial charge in [-0.15, -0.1) is 24.0 Å². The van der Waals surface area contributed by atoms with Crippen molar-refractivity contribution in [1.82, 2.24) is 25.6 Å². The minimum Gasteiger partial charge on any atom is -0.357 e. The van der Waals surface area contributed by atoms with Gasteiger partial charge in [0.05, 0.1) is 24.5 Å². The van der Waals surface area contributed by atoms with Gasteiger partial charge in [-0.25, -0.2) is 9.67 Å². The number of benzene rings is 2. The first kappa shape index (κ1) is 24.5. The highest BCUT2D eigenvalue weighted by Crippen LogP contribution is 2.20. The molecule has 2 N–H and O–H groups in total. The van der Waals surface area contributed by atoms with Crippen molar-refractivity contribution in [3.8, 4) is 17.0 Å². The number of aliphatic imine (C=N–C) groups is 1. The Bertz CT molecular complexity index is 1200. The molecule has 4 aromatic rings. The van der Waals surface area contributed by atoms with E-state index < -0.39 is 0 Å². The number of nitrogens with one attached hydrogen (secondary N) is 2. The molecule has 8 heteroatoms. The van der Waals surface area contributed by atoms with Crippen LogP contribution in [-0.2, 0) is 13.1 Å². The summed E-state index contributed by atoms with van der Waals surface area (Å²) in [6, 6.07) is 22.2. The van der Waals surface area contributed by atoms with Gasteiger partial charge in [0.15, 0.2) is 11.7 Å². The second-order valence-corrected chi connectivity index (χ2v) is 7.56. The summed E-state index contributed by atoms with van der Waals surface area (Å²) in [5.41, 5.74) is 6.07. The van der Waals surface area contributed by atoms with Crippen LogP contribution < -0.4 is 10.6 Å². The molecular formula is C25H29IN6O. The number of hydrogen-bond donors (Lipinski definition) is 2. The summed E-state index contributed by atoms with van der Waals surface area (Å²) in [6.07, 6.45) is 0. The number of para-hydroxylation sites is 1. The van der Waals surface area contributed by atoms with Crippen LogP contribution in [-0.4, -0.2) is 27.4 Å². The molecule has 0 spiro atoms. The summed E-state index contributed by atoms with van der Waals surface area (Å²) < 4.78 is 7.46. The average Bonchev–Trinajstić information content (AvgIpc) is 3.42. The second-order valence-electron chi connectivity index (χ2n) is 7.56. The molecule has 172 valence electrons. The van der Waals surface area contributed by atoms with Crippen molar-refractivity contribution in [3.05, 3.63) is 89.4 Å². The lowest BCUT2D eigenvalue weighted by atomic mass is 10.1. The van der Waals surface area contributed by atoms with E-state index in [1.807, 2.05) is 67.1 Å². The van der Waals surface area contributed by atoms with Gasteiger partial charge < -0.3 is 15.2 Å². The Kier molecular flexibility index (Phi) is 8.65. The first-order valence-corrected chi connectivity index (χ1v) is 10.8. The van der Waals surface area contributed by atoms with Crippen LogP contribution >= 0.6 is 24.0 Å². The van der Waals surface area contributed by atoms with Gasteiger partial charge in [-0.3, -0.25) is 0 Å². The Hall–Kier alpha value is -3.14. The second kappa shape index (κ2) is 11.6. The number of guanidine groups is 1. The highest BCUT2D eigenvalue weighted by atomic mass is 127. The van der Waals surface area contributed by atoms with Crippen molar-refractivity contribution in [2.75, 3.05) is 6.54 Å². The molecule has 7 nitrogen and oxygen atoms in total. The van der Waals surface area contributed by atoms with Gasteiger partial charge in [-0.05, 0) is 38.5 Å². The lowest BCUT2D eigenvalue weighted by molar-refractivity contribution is 0.422. The van der Waals surface area contributed by atoms with Gasteiger partial charge >= 0.3 is 0 Å². The smallest absolute Gasteiger partial charge is 0.191 e. The molecule has 2 heterocycles. The Morgan fingerprint density at radius 1 is 1.00 bits per heavy atom. The first-order chi connectivity index (χ1) is 15.6. The highest BCUT2D eigenvalue weighted by molar-refractivity contribution is 14.0. The minimum atomic E-state index is 0. The summed E-state index contributed by atoms with van der Waals surface area (Å²) in [4.78, 5) is 4.78. The van der Waals surface area contributed by atoms with Crippen LogP contribution in [0.25, 0.3) is 17.0 Å². The van der Waals surface area contributed by atoms with Gasteiger partial charge in [-0.1, -0.05) is 53.7 Å². The van der Waals surface area contributed by atoms with E-state index in [1.54, 1.807) is 0 Å². The lowest BCUT2D eigenvalue weighted by Gasteiger charge is -2.12. The third-order valence-corrected chi connectivity index (χ3v) is 5.04. The fourth-order valence-electron chi connectivity index (χ4n) is 3.54. The Balaban J connectivity index is 0.00000306. The normalized spacial score (nSPS) is 11.2. The molecule has 0 atom stereocenters. The van der Waals surface area contributed by atoms with Crippen molar-refractivity contribution >= 4 is 29.9 Å². The van der Waals surface area contributed by atoms with Gasteiger partial charge in [-0.2, -0.15) is 5.10 Å². The average molecular weight is 556 g/mol. The van der Waals surface area contributed by atoms with E-state index in [0.29, 0.717) is 13.1 Å². The molecule has 0 saturated heterocycles. The predicted molar refractivity (Wildman–Crippen MR) is 142 cm³/mol. The molecular weight excluding hydrogens is 527 g/mol. The number of hydrogen-bond acceptors (Lipinski definition) is 4. The fraction of sp³-hybridized carbons (Fsp3) is 0.240. The van der Waals surface area contributed by atoms with E-state index in [4.69, 9.17) is 9.52 Å². The van der Waals surface area contributed by atoms with Crippen LogP contribution in [0.3, 0.4) is 0 Å². The van der Waals surface area contributed by atoms with Crippen LogP contribution in [0.4, 0.5) is 0 Å². The van der Waals surface area contributed by atoms with E-state index in [2.05, 4.69) is 46.0 Å². The molecule has 0 unspecified atom stereocenters. The Labute approximate surface area is 211 Å². The molecule has 2 aromatic carbocycles. The predicted octanol–water partition coefficient (Wildman–Crippen LogP) is 5.02. The summed E-state index contributed by atoms with van der Waals surface area (Å²) in [5, 5.41) is 15.4. The number of halogens is 1. The maximum absolute atomic E-state index is 5.49. The summed E-state index contributed by atoms with van der Waals surface area (Å²) >= 11 is 0. The maximum Gasteiger partial charge on any atom is 0.191 e. The van der Waals surface area contributed by atoms with Gasteiger partial charge in [0.25, 0.3) is 0 Å². The van der Waals surface area contributed by atoms with Crippen LogP contribution in [0.2, 0.25) is 0 Å². The van der Waals surface area contributed by atoms with E-state index in [9.17, 15) is 0 Å². The fourth-order valence-corrected chi connectivity index (χ4v) is 3.54. The first-order valence-electron chi connectivity index (χ1n) is 10.8. The molecule has 0 aliphatic carbocycles. The number of aromatic nitrogens is 3. The number of aryl methyl sites for hydroxylation is 2. The summed E-state index contributed by atoms with van der Waals surface area (Å²) in [7, 11) is 0. The van der Waals surface area contributed by atoms with Crippen molar-refractivity contribution in [3.63, 3.8) is 0 Å². The number of nitrogens with zero attached hydrogens (tertiary/aromatic N) is 4. The van der Waals surface area contributed by atoms with Crippen LogP contribution in [0.15, 0.2) is 76.2 Å². The molecule has 0 aliphatic heterocycles. The molecule has 0 saturated carbocycles. The molecule has 2 aromatic heterocycles. The topological polar surface area (TPSA) is 80.3 Å². The van der Waals surface area contributed by atoms with Gasteiger partial charge in [0, 0.05) is 23.9 Å². The van der Waals surface area contributed by atoms with Gasteiger partial charge in [0.2, 0.25) is 0 Å². The molecule has 33 heavy (non-hydrogen) atoms. The minimum absolute atomic E-state index is 0. The largest absolute Gasteiger partial charge is 0.357 e. The monoisotopic (exact) mass is 556 g/mol. The van der Waals surface area contributed by atoms with Crippen LogP contribution in [0.5, 0.6) is 0 Å². The molecule has 0 aliphatic rings. The molecule has 0 amide bonds. The van der Waals surface area contributed by atoms with Crippen molar-refractivity contribution in [2.45, 2.75) is 33.9 Å². The summed E-state index contributed by atoms with van der Waals surface area (Å²) in [6.45, 7) is 7.92. The van der Waals surface area contributed by atoms with Crippen molar-refractivity contribution in [2.24, 2.45) is 4.99 Å². The van der Waals surface area contributed by atoms with E-state index >= 15 is 0 Å². The summed E-state index contributed by atoms with van der Waals surface area (Å²) in [5.74, 6) is 1.48. The standard InChI is InChI=1S/C25H28N6O.HI/c1-4-26-25(28-17-22-15-24(32-30-22)20-10-6-5-7-11-20)27-16-21-12-8-9-13-23(21)31-19(3)14-18(2)29-31;/h5-15H,4,16-17H2,1-3H3,(H2,26,27,28);1H. The van der Waals surface area contributed by atoms with Gasteiger partial charge in [0.1, 0.15) is 5.69 Å². The Morgan fingerprint density at radius 3 is 2.48 bits per heavy atom. The Morgan fingerprint density at radius 2 is 1.76 bits per heavy atom. The maximum atomic E-state index is 5.49.